The predicted molar refractivity (Wildman–Crippen MR) is 148 cm³/mol. The van der Waals surface area contributed by atoms with Crippen LogP contribution >= 0.6 is 0 Å². The summed E-state index contributed by atoms with van der Waals surface area (Å²) in [4.78, 5) is 17.7. The number of fused-ring (bicyclic) bond motifs is 5. The topological polar surface area (TPSA) is 103 Å². The summed E-state index contributed by atoms with van der Waals surface area (Å²) >= 11 is 0. The van der Waals surface area contributed by atoms with Crippen LogP contribution in [0.1, 0.15) is 34.9 Å². The molecule has 3 aliphatic heterocycles. The van der Waals surface area contributed by atoms with E-state index in [1.54, 1.807) is 37.6 Å². The molecular weight excluding hydrogens is 480 g/mol. The van der Waals surface area contributed by atoms with Crippen molar-refractivity contribution in [1.29, 1.82) is 0 Å². The van der Waals surface area contributed by atoms with E-state index in [1.165, 1.54) is 18.6 Å². The quantitative estimate of drug-likeness (QED) is 0.307. The van der Waals surface area contributed by atoms with Crippen LogP contribution in [0.25, 0.3) is 21.7 Å². The fraction of sp³-hybridized carbons (Fsp3) is 0.290. The number of aromatic carboxylic acids is 1. The minimum Gasteiger partial charge on any atom is -0.507 e. The Morgan fingerprint density at radius 2 is 1.92 bits per heavy atom. The Hall–Kier alpha value is -3.94. The van der Waals surface area contributed by atoms with Gasteiger partial charge in [-0.05, 0) is 78.6 Å². The van der Waals surface area contributed by atoms with Gasteiger partial charge in [0.05, 0.1) is 24.3 Å². The number of carboxylic acids is 1. The molecule has 0 amide bonds. The third kappa shape index (κ3) is 4.83. The number of carbonyl (C=O) groups is 1. The number of rotatable bonds is 5. The number of nitrogens with zero attached hydrogens (tertiary/aromatic N) is 2. The zero-order valence-electron chi connectivity index (χ0n) is 21.3. The number of hydrogen-bond acceptors (Lipinski definition) is 6. The average molecular weight is 513 g/mol. The Balaban J connectivity index is 0.000000179. The number of hydrogen-bond donors (Lipinski definition) is 3. The molecular formula is C31H32N2O5. The second-order valence-corrected chi connectivity index (χ2v) is 9.96. The van der Waals surface area contributed by atoms with E-state index in [1.807, 2.05) is 24.3 Å². The fourth-order valence-electron chi connectivity index (χ4n) is 5.92. The zero-order valence-corrected chi connectivity index (χ0v) is 21.3. The SMILES string of the molecule is C=C[C@H]1C[N@]2CC[C@H]1C[C@H]2[C@H](O)c1ccnc2ccc(OC)cc12.O=C(O)c1cccc2c(O)cccc12. The molecule has 0 spiro atoms. The van der Waals surface area contributed by atoms with Crippen LogP contribution in [0.5, 0.6) is 11.5 Å². The van der Waals surface area contributed by atoms with Crippen LogP contribution in [0.4, 0.5) is 0 Å². The molecule has 0 unspecified atom stereocenters. The number of phenols is 1. The van der Waals surface area contributed by atoms with Crippen molar-refractivity contribution in [3.63, 3.8) is 0 Å². The molecule has 1 aromatic heterocycles. The summed E-state index contributed by atoms with van der Waals surface area (Å²) in [5, 5.41) is 31.6. The maximum absolute atomic E-state index is 11.2. The molecule has 196 valence electrons. The Bertz CT molecular complexity index is 1490. The highest BCUT2D eigenvalue weighted by atomic mass is 16.5. The molecule has 5 atom stereocenters. The molecule has 7 heteroatoms. The smallest absolute Gasteiger partial charge is 0.336 e. The molecule has 4 heterocycles. The van der Waals surface area contributed by atoms with Gasteiger partial charge in [0.1, 0.15) is 11.5 Å². The molecule has 0 radical (unpaired) electrons. The van der Waals surface area contributed by atoms with E-state index in [0.29, 0.717) is 22.6 Å². The van der Waals surface area contributed by atoms with Crippen LogP contribution < -0.4 is 4.74 Å². The van der Waals surface area contributed by atoms with E-state index in [-0.39, 0.29) is 17.4 Å². The number of aliphatic hydroxyl groups excluding tert-OH is 1. The average Bonchev–Trinajstić information content (AvgIpc) is 2.96. The van der Waals surface area contributed by atoms with Gasteiger partial charge in [0.2, 0.25) is 0 Å². The Labute approximate surface area is 221 Å². The largest absolute Gasteiger partial charge is 0.507 e. The Morgan fingerprint density at radius 1 is 1.13 bits per heavy atom. The van der Waals surface area contributed by atoms with Crippen LogP contribution in [0, 0.1) is 11.8 Å². The van der Waals surface area contributed by atoms with E-state index in [4.69, 9.17) is 9.84 Å². The van der Waals surface area contributed by atoms with Crippen LogP contribution in [0.2, 0.25) is 0 Å². The van der Waals surface area contributed by atoms with Gasteiger partial charge in [0.25, 0.3) is 0 Å². The lowest BCUT2D eigenvalue weighted by Gasteiger charge is -2.50. The van der Waals surface area contributed by atoms with Crippen LogP contribution in [0.15, 0.2) is 79.5 Å². The van der Waals surface area contributed by atoms with Crippen molar-refractivity contribution >= 4 is 27.6 Å². The van der Waals surface area contributed by atoms with Crippen molar-refractivity contribution in [2.75, 3.05) is 20.2 Å². The van der Waals surface area contributed by atoms with Gasteiger partial charge in [0.15, 0.2) is 0 Å². The summed E-state index contributed by atoms with van der Waals surface area (Å²) in [6, 6.07) is 17.6. The van der Waals surface area contributed by atoms with Gasteiger partial charge in [-0.1, -0.05) is 30.3 Å². The van der Waals surface area contributed by atoms with E-state index in [0.717, 1.165) is 41.7 Å². The Morgan fingerprint density at radius 3 is 2.63 bits per heavy atom. The Kier molecular flexibility index (Phi) is 7.31. The maximum Gasteiger partial charge on any atom is 0.336 e. The molecule has 7 nitrogen and oxygen atoms in total. The second-order valence-electron chi connectivity index (χ2n) is 9.96. The first-order valence-corrected chi connectivity index (χ1v) is 12.8. The molecule has 3 N–H and O–H groups in total. The van der Waals surface area contributed by atoms with E-state index >= 15 is 0 Å². The number of phenolic OH excluding ortho intramolecular Hbond substituents is 1. The number of benzene rings is 3. The molecule has 3 saturated heterocycles. The molecule has 2 bridgehead atoms. The third-order valence-corrected chi connectivity index (χ3v) is 7.95. The van der Waals surface area contributed by atoms with Crippen molar-refractivity contribution in [3.8, 4) is 11.5 Å². The molecule has 3 fully saturated rings. The van der Waals surface area contributed by atoms with E-state index in [2.05, 4.69) is 22.5 Å². The first-order valence-electron chi connectivity index (χ1n) is 12.8. The molecule has 7 rings (SSSR count). The number of carboxylic acid groups (broad SMARTS) is 1. The molecule has 0 saturated carbocycles. The second kappa shape index (κ2) is 10.8. The van der Waals surface area contributed by atoms with Gasteiger partial charge >= 0.3 is 5.97 Å². The first kappa shape index (κ1) is 25.7. The third-order valence-electron chi connectivity index (χ3n) is 7.95. The number of aliphatic hydroxyl groups is 1. The number of aromatic hydroxyl groups is 1. The number of piperidine rings is 3. The van der Waals surface area contributed by atoms with Gasteiger partial charge in [-0.2, -0.15) is 0 Å². The predicted octanol–water partition coefficient (Wildman–Crippen LogP) is 5.42. The van der Waals surface area contributed by atoms with E-state index in [9.17, 15) is 15.0 Å². The number of ether oxygens (including phenoxy) is 1. The number of pyridine rings is 1. The standard InChI is InChI=1S/C20H24N2O2.C11H8O3/c1-3-13-12-22-9-7-14(13)10-19(22)20(23)16-6-8-21-18-5-4-15(24-2)11-17(16)18;12-10-6-2-3-7-8(10)4-1-5-9(7)11(13)14/h3-6,8,11,13-14,19-20,23H,1,7,9-10,12H2,2H3;1-6,12H,(H,13,14)/t13-,14-,19-,20+;/m0./s1. The van der Waals surface area contributed by atoms with Gasteiger partial charge in [-0.3, -0.25) is 9.88 Å². The van der Waals surface area contributed by atoms with Crippen molar-refractivity contribution in [2.24, 2.45) is 11.8 Å². The molecule has 3 aromatic carbocycles. The van der Waals surface area contributed by atoms with Gasteiger partial charge in [0, 0.05) is 29.6 Å². The van der Waals surface area contributed by atoms with Crippen molar-refractivity contribution < 1.29 is 24.9 Å². The van der Waals surface area contributed by atoms with Gasteiger partial charge < -0.3 is 20.1 Å². The minimum atomic E-state index is -0.985. The van der Waals surface area contributed by atoms with Crippen molar-refractivity contribution in [2.45, 2.75) is 25.0 Å². The summed E-state index contributed by atoms with van der Waals surface area (Å²) in [6.07, 6.45) is 5.62. The lowest BCUT2D eigenvalue weighted by Crippen LogP contribution is -2.54. The number of aromatic nitrogens is 1. The summed E-state index contributed by atoms with van der Waals surface area (Å²) in [6.45, 7) is 6.07. The zero-order chi connectivity index (χ0) is 26.8. The lowest BCUT2D eigenvalue weighted by atomic mass is 9.73. The van der Waals surface area contributed by atoms with E-state index < -0.39 is 12.1 Å². The highest BCUT2D eigenvalue weighted by Gasteiger charge is 2.42. The highest BCUT2D eigenvalue weighted by molar-refractivity contribution is 6.05. The van der Waals surface area contributed by atoms with Crippen LogP contribution in [-0.4, -0.2) is 57.4 Å². The number of methoxy groups -OCH3 is 1. The lowest BCUT2D eigenvalue weighted by molar-refractivity contribution is -0.0444. The van der Waals surface area contributed by atoms with Crippen molar-refractivity contribution in [1.82, 2.24) is 9.88 Å². The molecule has 38 heavy (non-hydrogen) atoms. The van der Waals surface area contributed by atoms with Crippen LogP contribution in [0.3, 0.4) is 0 Å². The van der Waals surface area contributed by atoms with Gasteiger partial charge in [-0.25, -0.2) is 4.79 Å². The molecule has 3 aliphatic rings. The van der Waals surface area contributed by atoms with Gasteiger partial charge in [-0.15, -0.1) is 6.58 Å². The summed E-state index contributed by atoms with van der Waals surface area (Å²) in [5.41, 5.74) is 2.05. The maximum atomic E-state index is 11.2. The molecule has 4 aromatic rings. The summed E-state index contributed by atoms with van der Waals surface area (Å²) in [7, 11) is 1.66. The monoisotopic (exact) mass is 512 g/mol. The summed E-state index contributed by atoms with van der Waals surface area (Å²) in [5.74, 6) is 1.12. The molecule has 0 aliphatic carbocycles. The fourth-order valence-corrected chi connectivity index (χ4v) is 5.92. The highest BCUT2D eigenvalue weighted by Crippen LogP contribution is 2.42. The van der Waals surface area contributed by atoms with Crippen LogP contribution in [-0.2, 0) is 0 Å². The summed E-state index contributed by atoms with van der Waals surface area (Å²) < 4.78 is 5.35. The van der Waals surface area contributed by atoms with Crippen molar-refractivity contribution in [3.05, 3.63) is 90.6 Å². The first-order chi connectivity index (χ1) is 18.4. The minimum absolute atomic E-state index is 0.102. The normalized spacial score (nSPS) is 22.9.